The number of hydrogen-bond donors (Lipinski definition) is 5. The van der Waals surface area contributed by atoms with Crippen molar-refractivity contribution in [3.63, 3.8) is 0 Å². The normalized spacial score (nSPS) is 16.4. The summed E-state index contributed by atoms with van der Waals surface area (Å²) in [6.07, 6.45) is -1.35. The molecule has 0 saturated carbocycles. The van der Waals surface area contributed by atoms with Gasteiger partial charge in [0.15, 0.2) is 8.32 Å². The lowest BCUT2D eigenvalue weighted by molar-refractivity contribution is -0.136. The number of hydrogen-bond acceptors (Lipinski definition) is 10. The van der Waals surface area contributed by atoms with E-state index in [1.165, 1.54) is 34.1 Å². The standard InChI is InChI=1S/C31H34BrClFN3O5Si.C25H20BrClFN3O5/c1-31(2,3)43(4,5)42-18-26-27(36-29(39)28(38)35-21-12-14-23(33)24(34)16-21)22-13-11-20(32)15-25(22)37(26)30(40)41-17-19-9-7-6-8-10-19;26-15-6-8-17-20(10-15)31(25(35)36-13-14-4-2-1-3-5-14)21(12-32)22(17)30-24(34)23(33)29-16-7-9-18(27)19(28)11-16/h6-16,26-27H,17-18H2,1-5H3,(H,35,38)(H,36,39);1-11,21-22,32H,12-13H2,(H,29,33)(H,30,34)/t26-,27+;21-,22+/m11/s1. The molecule has 6 aromatic rings. The van der Waals surface area contributed by atoms with Crippen molar-refractivity contribution in [3.8, 4) is 0 Å². The summed E-state index contributed by atoms with van der Waals surface area (Å²) in [6.45, 7) is 10.1. The summed E-state index contributed by atoms with van der Waals surface area (Å²) in [5.41, 5.74) is 3.75. The van der Waals surface area contributed by atoms with E-state index >= 15 is 0 Å². The summed E-state index contributed by atoms with van der Waals surface area (Å²) in [5.74, 6) is -5.56. The highest BCUT2D eigenvalue weighted by atomic mass is 79.9. The predicted octanol–water partition coefficient (Wildman–Crippen LogP) is 12.1. The quantitative estimate of drug-likeness (QED) is 0.0579. The number of amides is 6. The zero-order valence-corrected chi connectivity index (χ0v) is 48.8. The minimum absolute atomic E-state index is 0.00867. The number of nitrogens with zero attached hydrogens (tertiary/aromatic N) is 2. The molecule has 6 amide bonds. The Morgan fingerprint density at radius 1 is 0.595 bits per heavy atom. The molecule has 0 spiro atoms. The number of anilines is 4. The molecule has 16 nitrogen and oxygen atoms in total. The first-order chi connectivity index (χ1) is 37.5. The maximum atomic E-state index is 13.9. The average Bonchev–Trinajstić information content (AvgIpc) is 4.15. The van der Waals surface area contributed by atoms with Gasteiger partial charge in [-0.05, 0) is 89.9 Å². The van der Waals surface area contributed by atoms with Gasteiger partial charge in [0.1, 0.15) is 24.8 Å². The molecule has 5 N–H and O–H groups in total. The van der Waals surface area contributed by atoms with Crippen LogP contribution < -0.4 is 31.1 Å². The highest BCUT2D eigenvalue weighted by Crippen LogP contribution is 2.45. The zero-order valence-electron chi connectivity index (χ0n) is 43.1. The van der Waals surface area contributed by atoms with Gasteiger partial charge in [-0.25, -0.2) is 18.4 Å². The third-order valence-corrected chi connectivity index (χ3v) is 19.5. The van der Waals surface area contributed by atoms with Crippen molar-refractivity contribution in [3.05, 3.63) is 186 Å². The van der Waals surface area contributed by atoms with E-state index in [2.05, 4.69) is 87.0 Å². The van der Waals surface area contributed by atoms with Crippen molar-refractivity contribution in [2.24, 2.45) is 0 Å². The Labute approximate surface area is 482 Å². The highest BCUT2D eigenvalue weighted by molar-refractivity contribution is 9.10. The molecule has 6 aromatic carbocycles. The molecule has 8 rings (SSSR count). The summed E-state index contributed by atoms with van der Waals surface area (Å²) >= 11 is 18.2. The second-order valence-electron chi connectivity index (χ2n) is 19.7. The van der Waals surface area contributed by atoms with Crippen LogP contribution in [0.2, 0.25) is 28.2 Å². The molecule has 0 radical (unpaired) electrons. The predicted molar refractivity (Wildman–Crippen MR) is 306 cm³/mol. The van der Waals surface area contributed by atoms with E-state index in [0.717, 1.165) is 23.3 Å². The molecule has 23 heteroatoms. The van der Waals surface area contributed by atoms with E-state index in [1.54, 1.807) is 48.5 Å². The Bertz CT molecular complexity index is 3260. The monoisotopic (exact) mass is 1260 g/mol. The second kappa shape index (κ2) is 26.0. The van der Waals surface area contributed by atoms with Crippen LogP contribution in [-0.4, -0.2) is 74.5 Å². The van der Waals surface area contributed by atoms with E-state index in [9.17, 15) is 42.7 Å². The van der Waals surface area contributed by atoms with Gasteiger partial charge in [-0.2, -0.15) is 0 Å². The van der Waals surface area contributed by atoms with Gasteiger partial charge in [-0.3, -0.25) is 29.0 Å². The molecule has 0 fully saturated rings. The van der Waals surface area contributed by atoms with E-state index in [4.69, 9.17) is 37.1 Å². The molecular formula is C56H54Br2Cl2F2N6O10Si. The van der Waals surface area contributed by atoms with Crippen molar-refractivity contribution in [1.82, 2.24) is 10.6 Å². The van der Waals surface area contributed by atoms with Gasteiger partial charge >= 0.3 is 35.8 Å². The van der Waals surface area contributed by atoms with Gasteiger partial charge in [0.25, 0.3) is 0 Å². The van der Waals surface area contributed by atoms with Crippen LogP contribution in [0.15, 0.2) is 142 Å². The maximum absolute atomic E-state index is 13.9. The van der Waals surface area contributed by atoms with Crippen LogP contribution in [0, 0.1) is 11.6 Å². The topological polar surface area (TPSA) is 205 Å². The molecule has 0 bridgehead atoms. The van der Waals surface area contributed by atoms with E-state index in [0.29, 0.717) is 31.4 Å². The number of carbonyl (C=O) groups is 6. The van der Waals surface area contributed by atoms with Gasteiger partial charge in [-0.1, -0.05) is 149 Å². The maximum Gasteiger partial charge on any atom is 0.415 e. The molecular weight excluding hydrogens is 1210 g/mol. The molecule has 0 unspecified atom stereocenters. The third kappa shape index (κ3) is 14.8. The van der Waals surface area contributed by atoms with Gasteiger partial charge in [0.05, 0.1) is 58.8 Å². The lowest BCUT2D eigenvalue weighted by Crippen LogP contribution is -2.51. The molecule has 2 heterocycles. The SMILES string of the molecule is CC(C)(C)[Si](C)(C)OC[C@@H]1[C@@H](NC(=O)C(=O)Nc2ccc(Cl)c(F)c2)c2ccc(Br)cc2N1C(=O)OCc1ccccc1.O=C(Nc1ccc(Cl)c(F)c1)C(=O)N[C@H]1c2ccc(Br)cc2N(C(=O)OCc2ccccc2)[C@@H]1CO. The Kier molecular flexibility index (Phi) is 19.8. The van der Waals surface area contributed by atoms with E-state index < -0.39 is 86.5 Å². The summed E-state index contributed by atoms with van der Waals surface area (Å²) in [5, 5.41) is 19.8. The Hall–Kier alpha value is -6.72. The summed E-state index contributed by atoms with van der Waals surface area (Å²) in [4.78, 5) is 80.8. The van der Waals surface area contributed by atoms with Crippen LogP contribution in [0.4, 0.5) is 41.1 Å². The van der Waals surface area contributed by atoms with Crippen LogP contribution >= 0.6 is 55.1 Å². The Morgan fingerprint density at radius 3 is 1.39 bits per heavy atom. The number of carbonyl (C=O) groups excluding carboxylic acids is 6. The number of aliphatic hydroxyl groups excluding tert-OH is 1. The number of rotatable bonds is 12. The van der Waals surface area contributed by atoms with Crippen molar-refractivity contribution in [2.75, 3.05) is 33.6 Å². The van der Waals surface area contributed by atoms with Gasteiger partial charge in [-0.15, -0.1) is 0 Å². The lowest BCUT2D eigenvalue weighted by Gasteiger charge is -2.38. The zero-order chi connectivity index (χ0) is 57.3. The van der Waals surface area contributed by atoms with Crippen LogP contribution in [0.25, 0.3) is 0 Å². The largest absolute Gasteiger partial charge is 0.444 e. The molecule has 4 atom stereocenters. The van der Waals surface area contributed by atoms with Gasteiger partial charge in [0, 0.05) is 31.4 Å². The van der Waals surface area contributed by atoms with Crippen LogP contribution in [0.3, 0.4) is 0 Å². The number of aliphatic hydroxyl groups is 1. The van der Waals surface area contributed by atoms with Gasteiger partial charge in [0.2, 0.25) is 0 Å². The van der Waals surface area contributed by atoms with Crippen molar-refractivity contribution in [2.45, 2.75) is 76.3 Å². The Morgan fingerprint density at radius 2 is 1.00 bits per heavy atom. The van der Waals surface area contributed by atoms with E-state index in [-0.39, 0.29) is 46.3 Å². The minimum Gasteiger partial charge on any atom is -0.444 e. The van der Waals surface area contributed by atoms with Crippen molar-refractivity contribution < 1.29 is 56.6 Å². The summed E-state index contributed by atoms with van der Waals surface area (Å²) in [6, 6.07) is 32.6. The first-order valence-corrected chi connectivity index (χ1v) is 29.7. The molecule has 2 aliphatic heterocycles. The van der Waals surface area contributed by atoms with Crippen molar-refractivity contribution >= 4 is 122 Å². The number of ether oxygens (including phenoxy) is 2. The molecule has 2 aliphatic rings. The number of halogens is 6. The fraction of sp³-hybridized carbons (Fsp3) is 0.250. The molecule has 0 saturated heterocycles. The molecule has 0 aromatic heterocycles. The van der Waals surface area contributed by atoms with Crippen LogP contribution in [0.5, 0.6) is 0 Å². The summed E-state index contributed by atoms with van der Waals surface area (Å²) in [7, 11) is -2.30. The Balaban J connectivity index is 0.000000232. The number of nitrogens with one attached hydrogen (secondary N) is 4. The lowest BCUT2D eigenvalue weighted by atomic mass is 10.0. The third-order valence-electron chi connectivity index (χ3n) is 13.4. The van der Waals surface area contributed by atoms with E-state index in [1.807, 2.05) is 48.5 Å². The summed E-state index contributed by atoms with van der Waals surface area (Å²) < 4.78 is 46.7. The number of benzene rings is 6. The smallest absolute Gasteiger partial charge is 0.415 e. The number of fused-ring (bicyclic) bond motifs is 2. The molecule has 414 valence electrons. The average molecular weight is 1270 g/mol. The molecule has 79 heavy (non-hydrogen) atoms. The highest BCUT2D eigenvalue weighted by Gasteiger charge is 2.47. The fourth-order valence-electron chi connectivity index (χ4n) is 8.25. The first-order valence-electron chi connectivity index (χ1n) is 24.4. The van der Waals surface area contributed by atoms with Crippen LogP contribution in [0.1, 0.15) is 55.1 Å². The molecule has 0 aliphatic carbocycles. The minimum atomic E-state index is -2.30. The van der Waals surface area contributed by atoms with Crippen molar-refractivity contribution in [1.29, 1.82) is 0 Å². The van der Waals surface area contributed by atoms with Gasteiger partial charge < -0.3 is 40.3 Å². The fourth-order valence-corrected chi connectivity index (χ4v) is 10.2. The second-order valence-corrected chi connectivity index (χ2v) is 27.1. The first kappa shape index (κ1) is 59.9. The van der Waals surface area contributed by atoms with Crippen LogP contribution in [-0.2, 0) is 46.3 Å².